The molecule has 6 amide bonds. The molecule has 3 atom stereocenters. The zero-order valence-electron chi connectivity index (χ0n) is 26.8. The lowest BCUT2D eigenvalue weighted by Gasteiger charge is -2.26. The van der Waals surface area contributed by atoms with Crippen LogP contribution < -0.4 is 31.5 Å². The van der Waals surface area contributed by atoms with Gasteiger partial charge in [0.05, 0.1) is 0 Å². The summed E-state index contributed by atoms with van der Waals surface area (Å²) in [6.07, 6.45) is 2.73. The molecule has 1 saturated heterocycles. The lowest BCUT2D eigenvalue weighted by molar-refractivity contribution is -0.130. The van der Waals surface area contributed by atoms with Gasteiger partial charge >= 0.3 is 6.03 Å². The molecule has 0 saturated carbocycles. The van der Waals surface area contributed by atoms with Crippen LogP contribution in [0.4, 0.5) is 10.5 Å². The topological polar surface area (TPSA) is 175 Å². The van der Waals surface area contributed by atoms with E-state index in [1.54, 1.807) is 23.1 Å². The largest absolute Gasteiger partial charge is 0.446 e. The smallest absolute Gasteiger partial charge is 0.322 e. The number of carbonyl (C=O) groups is 5. The minimum absolute atomic E-state index is 0.107. The second kappa shape index (κ2) is 14.9. The Morgan fingerprint density at radius 2 is 1.79 bits per heavy atom. The third-order valence-electron chi connectivity index (χ3n) is 8.35. The number of rotatable bonds is 6. The number of amides is 6. The monoisotopic (exact) mass is 643 g/mol. The summed E-state index contributed by atoms with van der Waals surface area (Å²) in [5.41, 5.74) is 2.67. The van der Waals surface area contributed by atoms with Crippen molar-refractivity contribution in [2.45, 2.75) is 64.6 Å². The predicted octanol–water partition coefficient (Wildman–Crippen LogP) is 2.77. The highest BCUT2D eigenvalue weighted by Crippen LogP contribution is 2.24. The summed E-state index contributed by atoms with van der Waals surface area (Å²) in [5, 5.41) is 14.3. The molecule has 0 unspecified atom stereocenters. The summed E-state index contributed by atoms with van der Waals surface area (Å²) in [4.78, 5) is 72.3. The molecule has 3 heterocycles. The lowest BCUT2D eigenvalue weighted by Crippen LogP contribution is -2.55. The molecule has 0 radical (unpaired) electrons. The first kappa shape index (κ1) is 33.2. The van der Waals surface area contributed by atoms with Crippen molar-refractivity contribution in [3.63, 3.8) is 0 Å². The molecule has 3 aromatic rings. The van der Waals surface area contributed by atoms with Crippen molar-refractivity contribution in [2.75, 3.05) is 24.5 Å². The Balaban J connectivity index is 1.41. The number of nitrogens with one attached hydrogen (secondary N) is 5. The number of oxazole rings is 1. The molecule has 5 rings (SSSR count). The average molecular weight is 644 g/mol. The van der Waals surface area contributed by atoms with Crippen LogP contribution in [0.15, 0.2) is 59.2 Å². The maximum Gasteiger partial charge on any atom is 0.322 e. The maximum atomic E-state index is 13.9. The van der Waals surface area contributed by atoms with Gasteiger partial charge in [0.2, 0.25) is 17.7 Å². The minimum Gasteiger partial charge on any atom is -0.446 e. The molecule has 1 fully saturated rings. The Kier molecular flexibility index (Phi) is 10.5. The molecule has 2 bridgehead atoms. The van der Waals surface area contributed by atoms with Gasteiger partial charge in [-0.3, -0.25) is 24.1 Å². The number of urea groups is 1. The maximum absolute atomic E-state index is 13.9. The van der Waals surface area contributed by atoms with Gasteiger partial charge in [0.1, 0.15) is 24.4 Å². The van der Waals surface area contributed by atoms with Crippen LogP contribution in [0, 0.1) is 12.8 Å². The average Bonchev–Trinajstić information content (AvgIpc) is 3.72. The van der Waals surface area contributed by atoms with Gasteiger partial charge in [-0.25, -0.2) is 9.78 Å². The van der Waals surface area contributed by atoms with E-state index in [9.17, 15) is 24.0 Å². The number of anilines is 1. The molecular formula is C34H41N7O6. The molecule has 47 heavy (non-hydrogen) atoms. The Labute approximate surface area is 273 Å². The van der Waals surface area contributed by atoms with Crippen LogP contribution in [0.3, 0.4) is 0 Å². The van der Waals surface area contributed by atoms with Crippen LogP contribution in [0.1, 0.15) is 77.0 Å². The van der Waals surface area contributed by atoms with Crippen molar-refractivity contribution in [3.05, 3.63) is 83.1 Å². The molecule has 0 aliphatic carbocycles. The number of carbonyl (C=O) groups excluding carboxylic acids is 5. The summed E-state index contributed by atoms with van der Waals surface area (Å²) in [6.45, 7) is 6.94. The van der Waals surface area contributed by atoms with E-state index in [1.807, 2.05) is 51.1 Å². The van der Waals surface area contributed by atoms with Crippen molar-refractivity contribution in [1.82, 2.24) is 31.6 Å². The molecule has 0 spiro atoms. The number of benzene rings is 2. The van der Waals surface area contributed by atoms with Gasteiger partial charge in [-0.15, -0.1) is 0 Å². The molecule has 13 heteroatoms. The Morgan fingerprint density at radius 1 is 1.00 bits per heavy atom. The molecule has 2 aromatic carbocycles. The first-order valence-electron chi connectivity index (χ1n) is 16.0. The van der Waals surface area contributed by atoms with Gasteiger partial charge in [0, 0.05) is 37.3 Å². The van der Waals surface area contributed by atoms with E-state index in [2.05, 4.69) is 31.6 Å². The van der Waals surface area contributed by atoms with E-state index >= 15 is 0 Å². The molecule has 2 aliphatic heterocycles. The Hall–Kier alpha value is -5.20. The van der Waals surface area contributed by atoms with Crippen molar-refractivity contribution >= 4 is 35.3 Å². The van der Waals surface area contributed by atoms with Crippen molar-refractivity contribution in [2.24, 2.45) is 5.92 Å². The van der Waals surface area contributed by atoms with Crippen LogP contribution in [0.25, 0.3) is 0 Å². The van der Waals surface area contributed by atoms with Crippen molar-refractivity contribution in [3.8, 4) is 0 Å². The van der Waals surface area contributed by atoms with Gasteiger partial charge in [0.25, 0.3) is 11.8 Å². The number of hydrogen-bond donors (Lipinski definition) is 5. The number of aryl methyl sites for hydroxylation is 1. The highest BCUT2D eigenvalue weighted by molar-refractivity contribution is 6.01. The highest BCUT2D eigenvalue weighted by atomic mass is 16.3. The van der Waals surface area contributed by atoms with Gasteiger partial charge < -0.3 is 31.0 Å². The minimum atomic E-state index is -0.990. The van der Waals surface area contributed by atoms with Crippen LogP contribution in [-0.4, -0.2) is 66.4 Å². The van der Waals surface area contributed by atoms with Crippen LogP contribution in [0.5, 0.6) is 0 Å². The molecule has 2 aliphatic rings. The molecule has 13 nitrogen and oxygen atoms in total. The molecule has 5 N–H and O–H groups in total. The van der Waals surface area contributed by atoms with Gasteiger partial charge in [0.15, 0.2) is 5.69 Å². The van der Waals surface area contributed by atoms with E-state index in [0.29, 0.717) is 43.7 Å². The fourth-order valence-corrected chi connectivity index (χ4v) is 5.65. The summed E-state index contributed by atoms with van der Waals surface area (Å²) < 4.78 is 5.62. The number of fused-ring (bicyclic) bond motifs is 2. The predicted molar refractivity (Wildman–Crippen MR) is 174 cm³/mol. The SMILES string of the molecule is Cc1ccc(C(=O)N[C@H]2CCCCNC(=O)c3coc(n3)[C@H](C(C)C)NC(=O)[C@H](Cc3ccccc3)NC2=O)cc1N1CCNC1=O. The molecule has 1 aromatic heterocycles. The lowest BCUT2D eigenvalue weighted by atomic mass is 10.0. The van der Waals surface area contributed by atoms with Crippen LogP contribution in [-0.2, 0) is 16.0 Å². The van der Waals surface area contributed by atoms with Crippen LogP contribution in [0.2, 0.25) is 0 Å². The van der Waals surface area contributed by atoms with Crippen LogP contribution >= 0.6 is 0 Å². The van der Waals surface area contributed by atoms with Gasteiger partial charge in [-0.1, -0.05) is 50.2 Å². The fraction of sp³-hybridized carbons (Fsp3) is 0.412. The third kappa shape index (κ3) is 8.15. The second-order valence-corrected chi connectivity index (χ2v) is 12.2. The van der Waals surface area contributed by atoms with E-state index in [-0.39, 0.29) is 36.4 Å². The number of aromatic nitrogens is 1. The third-order valence-corrected chi connectivity index (χ3v) is 8.35. The first-order valence-corrected chi connectivity index (χ1v) is 16.0. The summed E-state index contributed by atoms with van der Waals surface area (Å²) in [5.74, 6) is -1.85. The van der Waals surface area contributed by atoms with Gasteiger partial charge in [-0.2, -0.15) is 0 Å². The first-order chi connectivity index (χ1) is 22.6. The Bertz CT molecular complexity index is 1620. The molecule has 248 valence electrons. The summed E-state index contributed by atoms with van der Waals surface area (Å²) in [7, 11) is 0. The zero-order valence-corrected chi connectivity index (χ0v) is 26.8. The van der Waals surface area contributed by atoms with Gasteiger partial charge in [-0.05, 0) is 55.4 Å². The normalized spacial score (nSPS) is 21.1. The second-order valence-electron chi connectivity index (χ2n) is 12.2. The fourth-order valence-electron chi connectivity index (χ4n) is 5.65. The summed E-state index contributed by atoms with van der Waals surface area (Å²) in [6, 6.07) is 11.5. The highest BCUT2D eigenvalue weighted by Gasteiger charge is 2.32. The Morgan fingerprint density at radius 3 is 2.51 bits per heavy atom. The number of nitrogens with zero attached hydrogens (tertiary/aromatic N) is 2. The molecular weight excluding hydrogens is 602 g/mol. The zero-order chi connectivity index (χ0) is 33.5. The van der Waals surface area contributed by atoms with E-state index in [1.165, 1.54) is 6.26 Å². The summed E-state index contributed by atoms with van der Waals surface area (Å²) >= 11 is 0. The quantitative estimate of drug-likeness (QED) is 0.275. The van der Waals surface area contributed by atoms with Crippen molar-refractivity contribution < 1.29 is 28.4 Å². The number of hydrogen-bond acceptors (Lipinski definition) is 7. The van der Waals surface area contributed by atoms with Crippen molar-refractivity contribution in [1.29, 1.82) is 0 Å². The van der Waals surface area contributed by atoms with E-state index in [0.717, 1.165) is 11.1 Å². The van der Waals surface area contributed by atoms with E-state index < -0.39 is 41.8 Å². The van der Waals surface area contributed by atoms with E-state index in [4.69, 9.17) is 4.42 Å². The standard InChI is InChI=1S/C34H41N7O6/c1-20(2)28-33-39-26(19-47-33)30(43)35-14-8-7-11-24(31(44)38-25(32(45)40-28)17-22-9-5-4-6-10-22)37-29(42)23-13-12-21(3)27(18-23)41-16-15-36-34(41)46/h4-6,9-10,12-13,18-20,24-25,28H,7-8,11,14-17H2,1-3H3,(H,35,43)(H,36,46)(H,37,42)(H,38,44)(H,40,45)/t24-,25-,28-/m0/s1.